The summed E-state index contributed by atoms with van der Waals surface area (Å²) >= 11 is 0. The van der Waals surface area contributed by atoms with E-state index >= 15 is 0 Å². The summed E-state index contributed by atoms with van der Waals surface area (Å²) in [7, 11) is 0. The lowest BCUT2D eigenvalue weighted by Crippen LogP contribution is -2.44. The monoisotopic (exact) mass is 542 g/mol. The molecule has 41 heavy (non-hydrogen) atoms. The van der Waals surface area contributed by atoms with Crippen LogP contribution in [0.25, 0.3) is 17.4 Å². The van der Waals surface area contributed by atoms with E-state index < -0.39 is 0 Å². The van der Waals surface area contributed by atoms with Crippen molar-refractivity contribution in [2.45, 2.75) is 78.1 Å². The van der Waals surface area contributed by atoms with Gasteiger partial charge < -0.3 is 4.74 Å². The Bertz CT molecular complexity index is 1640. The molecule has 0 fully saturated rings. The van der Waals surface area contributed by atoms with Gasteiger partial charge in [0.05, 0.1) is 0 Å². The highest BCUT2D eigenvalue weighted by Crippen LogP contribution is 2.34. The van der Waals surface area contributed by atoms with E-state index in [0.717, 1.165) is 17.1 Å². The van der Waals surface area contributed by atoms with Crippen molar-refractivity contribution in [2.75, 3.05) is 13.1 Å². The summed E-state index contributed by atoms with van der Waals surface area (Å²) in [5.74, 6) is 1.75. The molecule has 0 bridgehead atoms. The van der Waals surface area contributed by atoms with Gasteiger partial charge in [-0.25, -0.2) is 4.58 Å². The summed E-state index contributed by atoms with van der Waals surface area (Å²) in [4.78, 5) is 0. The molecule has 3 aliphatic heterocycles. The van der Waals surface area contributed by atoms with Gasteiger partial charge in [0.15, 0.2) is 0 Å². The highest BCUT2D eigenvalue weighted by atomic mass is 16.5. The predicted molar refractivity (Wildman–Crippen MR) is 173 cm³/mol. The lowest BCUT2D eigenvalue weighted by molar-refractivity contribution is 0.398. The molecule has 0 amide bonds. The van der Waals surface area contributed by atoms with E-state index in [1.54, 1.807) is 0 Å². The van der Waals surface area contributed by atoms with E-state index in [1.807, 2.05) is 0 Å². The van der Waals surface area contributed by atoms with Crippen LogP contribution >= 0.6 is 0 Å². The maximum atomic E-state index is 6.55. The van der Waals surface area contributed by atoms with Crippen LogP contribution in [0.3, 0.4) is 0 Å². The van der Waals surface area contributed by atoms with Gasteiger partial charge in [-0.1, -0.05) is 96.1 Å². The molecular weight excluding hydrogens is 498 g/mol. The molecule has 3 aliphatic rings. The number of benzene rings is 3. The molecule has 0 aliphatic carbocycles. The van der Waals surface area contributed by atoms with E-state index in [2.05, 4.69) is 131 Å². The Morgan fingerprint density at radius 3 is 1.73 bits per heavy atom. The van der Waals surface area contributed by atoms with Crippen molar-refractivity contribution in [3.8, 4) is 0 Å². The van der Waals surface area contributed by atoms with Crippen LogP contribution in [0.2, 0.25) is 0 Å². The van der Waals surface area contributed by atoms with E-state index in [-0.39, 0.29) is 10.8 Å². The highest BCUT2D eigenvalue weighted by molar-refractivity contribution is 5.85. The van der Waals surface area contributed by atoms with Crippen LogP contribution in [0, 0.1) is 0 Å². The first kappa shape index (κ1) is 27.5. The molecule has 0 saturated carbocycles. The number of aryl methyl sites for hydroxylation is 2. The van der Waals surface area contributed by atoms with Crippen molar-refractivity contribution in [3.63, 3.8) is 0 Å². The van der Waals surface area contributed by atoms with Gasteiger partial charge in [-0.05, 0) is 81.5 Å². The van der Waals surface area contributed by atoms with Gasteiger partial charge in [0.25, 0.3) is 0 Å². The smallest absolute Gasteiger partial charge is 0.206 e. The Balaban J connectivity index is 1.40. The maximum absolute atomic E-state index is 6.55. The lowest BCUT2D eigenvalue weighted by atomic mass is 9.86. The van der Waals surface area contributed by atoms with Crippen LogP contribution in [-0.2, 0) is 28.4 Å². The van der Waals surface area contributed by atoms with Crippen LogP contribution in [0.5, 0.6) is 0 Å². The number of nitrogens with zero attached hydrogens (tertiary/aromatic N) is 1. The Morgan fingerprint density at radius 2 is 1.20 bits per heavy atom. The summed E-state index contributed by atoms with van der Waals surface area (Å²) in [6, 6.07) is 22.6. The van der Waals surface area contributed by atoms with Crippen LogP contribution in [0.1, 0.15) is 87.8 Å². The Hall–Kier alpha value is -3.65. The van der Waals surface area contributed by atoms with Crippen molar-refractivity contribution < 1.29 is 4.74 Å². The molecule has 0 N–H and O–H groups in total. The maximum Gasteiger partial charge on any atom is 0.206 e. The third-order valence-corrected chi connectivity index (χ3v) is 8.73. The molecule has 0 spiro atoms. The van der Waals surface area contributed by atoms with Crippen molar-refractivity contribution in [3.05, 3.63) is 129 Å². The summed E-state index contributed by atoms with van der Waals surface area (Å²) in [5, 5.41) is 2.79. The van der Waals surface area contributed by atoms with Crippen molar-refractivity contribution in [1.29, 1.82) is 0 Å². The molecule has 3 aromatic rings. The zero-order chi connectivity index (χ0) is 28.8. The second-order valence-corrected chi connectivity index (χ2v) is 14.0. The third-order valence-electron chi connectivity index (χ3n) is 8.73. The average molecular weight is 543 g/mol. The standard InChI is InChI=1S/C39H44NO/c1-38(2,3)33-16-12-28(13-17-33)32-25-35(41-36(26-32)29-14-18-34(19-15-29)39(4,5)6)20-11-27-23-30-9-7-21-40-22-8-10-31(24-27)37(30)40/h11-20,23-26H,7-10,21-22H2,1-6H3/q+1. The van der Waals surface area contributed by atoms with E-state index in [9.17, 15) is 0 Å². The number of hydrogen-bond donors (Lipinski definition) is 0. The molecule has 0 radical (unpaired) electrons. The molecule has 3 heterocycles. The molecule has 0 atom stereocenters. The predicted octanol–water partition coefficient (Wildman–Crippen LogP) is 7.48. The minimum atomic E-state index is 0.117. The van der Waals surface area contributed by atoms with Crippen LogP contribution in [0.4, 0.5) is 0 Å². The normalized spacial score (nSPS) is 17.9. The molecule has 2 nitrogen and oxygen atoms in total. The van der Waals surface area contributed by atoms with Gasteiger partial charge in [0.1, 0.15) is 24.6 Å². The second kappa shape index (κ2) is 10.6. The lowest BCUT2D eigenvalue weighted by Gasteiger charge is -2.22. The molecular formula is C39H44NO+. The Kier molecular flexibility index (Phi) is 7.14. The SMILES string of the molecule is CC(C)(C)c1ccc(C2=CC(=CC=c3cc4c5c(c3)CCC[N+]=5CCC4)OC(c3ccc(C(C)(C)C)cc3)=C2)cc1. The molecule has 0 aromatic heterocycles. The fourth-order valence-electron chi connectivity index (χ4n) is 6.32. The topological polar surface area (TPSA) is 12.2 Å². The zero-order valence-electron chi connectivity index (χ0n) is 25.7. The van der Waals surface area contributed by atoms with Crippen LogP contribution < -0.4 is 15.2 Å². The molecule has 0 saturated heterocycles. The van der Waals surface area contributed by atoms with Crippen molar-refractivity contribution >= 4 is 17.4 Å². The van der Waals surface area contributed by atoms with E-state index in [0.29, 0.717) is 0 Å². The number of ether oxygens (including phenoxy) is 1. The van der Waals surface area contributed by atoms with Gasteiger partial charge in [0.2, 0.25) is 5.36 Å². The molecule has 0 unspecified atom stereocenters. The fraction of sp³-hybridized carbons (Fsp3) is 0.359. The molecule has 6 rings (SSSR count). The van der Waals surface area contributed by atoms with E-state index in [4.69, 9.17) is 4.74 Å². The van der Waals surface area contributed by atoms with E-state index in [1.165, 1.54) is 82.7 Å². The number of rotatable bonds is 3. The first-order chi connectivity index (χ1) is 19.5. The van der Waals surface area contributed by atoms with Crippen LogP contribution in [0.15, 0.2) is 84.7 Å². The van der Waals surface area contributed by atoms with Gasteiger partial charge in [-0.2, -0.15) is 0 Å². The zero-order valence-corrected chi connectivity index (χ0v) is 25.7. The van der Waals surface area contributed by atoms with Gasteiger partial charge in [-0.15, -0.1) is 0 Å². The van der Waals surface area contributed by atoms with Crippen molar-refractivity contribution in [2.24, 2.45) is 0 Å². The minimum absolute atomic E-state index is 0.117. The van der Waals surface area contributed by atoms with Gasteiger partial charge in [-0.3, -0.25) is 0 Å². The number of hydrogen-bond acceptors (Lipinski definition) is 1. The summed E-state index contributed by atoms with van der Waals surface area (Å²) in [5.41, 5.74) is 9.40. The molecule has 3 aromatic carbocycles. The average Bonchev–Trinajstić information content (AvgIpc) is 2.95. The van der Waals surface area contributed by atoms with Gasteiger partial charge in [0, 0.05) is 29.5 Å². The minimum Gasteiger partial charge on any atom is -0.457 e. The Morgan fingerprint density at radius 1 is 0.659 bits per heavy atom. The second-order valence-electron chi connectivity index (χ2n) is 14.0. The van der Waals surface area contributed by atoms with Gasteiger partial charge >= 0.3 is 0 Å². The fourth-order valence-corrected chi connectivity index (χ4v) is 6.32. The van der Waals surface area contributed by atoms with Crippen molar-refractivity contribution in [1.82, 2.24) is 4.58 Å². The first-order valence-electron chi connectivity index (χ1n) is 15.3. The summed E-state index contributed by atoms with van der Waals surface area (Å²) in [6.45, 7) is 16.0. The Labute approximate surface area is 246 Å². The highest BCUT2D eigenvalue weighted by Gasteiger charge is 2.23. The molecule has 2 heteroatoms. The third kappa shape index (κ3) is 5.89. The summed E-state index contributed by atoms with van der Waals surface area (Å²) in [6.07, 6.45) is 13.6. The quantitative estimate of drug-likeness (QED) is 0.313. The first-order valence-corrected chi connectivity index (χ1v) is 15.3. The molecule has 210 valence electrons. The summed E-state index contributed by atoms with van der Waals surface area (Å²) < 4.78 is 9.16. The van der Waals surface area contributed by atoms with Crippen LogP contribution in [-0.4, -0.2) is 13.1 Å². The largest absolute Gasteiger partial charge is 0.457 e. The number of allylic oxidation sites excluding steroid dienone is 4.